The monoisotopic (exact) mass is 313 g/mol. The Kier molecular flexibility index (Phi) is 6.20. The normalized spacial score (nSPS) is 11.8. The summed E-state index contributed by atoms with van der Waals surface area (Å²) < 4.78 is 1.96. The summed E-state index contributed by atoms with van der Waals surface area (Å²) in [5, 5.41) is 11.2. The molecule has 0 aliphatic heterocycles. The number of hydrogen-bond acceptors (Lipinski definition) is 2. The Bertz CT molecular complexity index is 628. The number of aliphatic imine (C=N–C) groups is 1. The molecule has 5 nitrogen and oxygen atoms in total. The van der Waals surface area contributed by atoms with Crippen LogP contribution in [-0.4, -0.2) is 35.4 Å². The molecule has 2 aromatic rings. The fourth-order valence-corrected chi connectivity index (χ4v) is 2.41. The lowest BCUT2D eigenvalue weighted by Crippen LogP contribution is -2.41. The van der Waals surface area contributed by atoms with Crippen molar-refractivity contribution in [3.05, 3.63) is 47.8 Å². The highest BCUT2D eigenvalue weighted by Crippen LogP contribution is 2.13. The molecule has 0 atom stereocenters. The number of nitrogens with one attached hydrogen (secondary N) is 2. The third-order valence-electron chi connectivity index (χ3n) is 3.59. The van der Waals surface area contributed by atoms with Crippen molar-refractivity contribution >= 4 is 5.96 Å². The first-order valence-corrected chi connectivity index (χ1v) is 8.18. The molecule has 0 saturated heterocycles. The van der Waals surface area contributed by atoms with Crippen LogP contribution in [0.3, 0.4) is 0 Å². The molecule has 0 fully saturated rings. The highest BCUT2D eigenvalue weighted by atomic mass is 15.3. The maximum Gasteiger partial charge on any atom is 0.191 e. The average Bonchev–Trinajstić information content (AvgIpc) is 2.92. The second-order valence-electron chi connectivity index (χ2n) is 5.92. The molecule has 0 saturated carbocycles. The molecule has 2 rings (SSSR count). The van der Waals surface area contributed by atoms with E-state index in [2.05, 4.69) is 59.8 Å². The van der Waals surface area contributed by atoms with Gasteiger partial charge in [0.05, 0.1) is 11.4 Å². The molecule has 23 heavy (non-hydrogen) atoms. The minimum Gasteiger partial charge on any atom is -0.356 e. The molecule has 1 aromatic carbocycles. The van der Waals surface area contributed by atoms with Crippen molar-refractivity contribution in [3.63, 3.8) is 0 Å². The maximum absolute atomic E-state index is 4.61. The number of aromatic nitrogens is 2. The Labute approximate surface area is 138 Å². The number of rotatable bonds is 6. The first-order valence-electron chi connectivity index (χ1n) is 8.18. The summed E-state index contributed by atoms with van der Waals surface area (Å²) >= 11 is 0. The van der Waals surface area contributed by atoms with E-state index >= 15 is 0 Å². The number of hydrogen-bond donors (Lipinski definition) is 2. The molecule has 0 aliphatic carbocycles. The van der Waals surface area contributed by atoms with E-state index in [9.17, 15) is 0 Å². The molecule has 0 amide bonds. The van der Waals surface area contributed by atoms with E-state index in [1.807, 2.05) is 22.9 Å². The molecule has 0 aliphatic rings. The van der Waals surface area contributed by atoms with E-state index in [4.69, 9.17) is 0 Å². The fourth-order valence-electron chi connectivity index (χ4n) is 2.41. The van der Waals surface area contributed by atoms with Crippen LogP contribution in [0.4, 0.5) is 0 Å². The molecule has 1 heterocycles. The van der Waals surface area contributed by atoms with E-state index in [1.54, 1.807) is 7.05 Å². The lowest BCUT2D eigenvalue weighted by atomic mass is 10.1. The van der Waals surface area contributed by atoms with Crippen LogP contribution in [0.5, 0.6) is 0 Å². The topological polar surface area (TPSA) is 54.2 Å². The molecular formula is C18H27N5. The number of nitrogens with zero attached hydrogens (tertiary/aromatic N) is 3. The zero-order chi connectivity index (χ0) is 16.7. The lowest BCUT2D eigenvalue weighted by Gasteiger charge is -2.14. The Morgan fingerprint density at radius 3 is 2.65 bits per heavy atom. The predicted octanol–water partition coefficient (Wildman–Crippen LogP) is 2.69. The maximum atomic E-state index is 4.61. The van der Waals surface area contributed by atoms with Crippen LogP contribution in [0.1, 0.15) is 31.5 Å². The first-order chi connectivity index (χ1) is 11.1. The smallest absolute Gasteiger partial charge is 0.191 e. The van der Waals surface area contributed by atoms with Gasteiger partial charge in [-0.05, 0) is 51.3 Å². The van der Waals surface area contributed by atoms with Gasteiger partial charge in [0.15, 0.2) is 5.96 Å². The molecular weight excluding hydrogens is 286 g/mol. The van der Waals surface area contributed by atoms with Gasteiger partial charge in [0, 0.05) is 25.8 Å². The van der Waals surface area contributed by atoms with Gasteiger partial charge in [0.2, 0.25) is 0 Å². The van der Waals surface area contributed by atoms with Crippen LogP contribution in [0.2, 0.25) is 0 Å². The van der Waals surface area contributed by atoms with E-state index in [0.717, 1.165) is 36.7 Å². The van der Waals surface area contributed by atoms with Gasteiger partial charge in [-0.3, -0.25) is 4.99 Å². The van der Waals surface area contributed by atoms with Gasteiger partial charge in [-0.2, -0.15) is 5.10 Å². The van der Waals surface area contributed by atoms with Gasteiger partial charge >= 0.3 is 0 Å². The van der Waals surface area contributed by atoms with Crippen molar-refractivity contribution in [3.8, 4) is 5.69 Å². The molecule has 124 valence electrons. The molecule has 0 bridgehead atoms. The SMILES string of the molecule is CN=C(NCCCc1cn(-c2ccccc2)nc1C)NC(C)C. The Morgan fingerprint density at radius 2 is 2.00 bits per heavy atom. The summed E-state index contributed by atoms with van der Waals surface area (Å²) in [6.07, 6.45) is 4.18. The Morgan fingerprint density at radius 1 is 1.26 bits per heavy atom. The second-order valence-corrected chi connectivity index (χ2v) is 5.92. The largest absolute Gasteiger partial charge is 0.356 e. The minimum atomic E-state index is 0.382. The second kappa shape index (κ2) is 8.36. The molecule has 0 radical (unpaired) electrons. The van der Waals surface area contributed by atoms with Crippen LogP contribution >= 0.6 is 0 Å². The highest BCUT2D eigenvalue weighted by molar-refractivity contribution is 5.79. The summed E-state index contributed by atoms with van der Waals surface area (Å²) in [6, 6.07) is 10.6. The van der Waals surface area contributed by atoms with Gasteiger partial charge in [-0.15, -0.1) is 0 Å². The van der Waals surface area contributed by atoms with Gasteiger partial charge < -0.3 is 10.6 Å². The first kappa shape index (κ1) is 17.1. The van der Waals surface area contributed by atoms with Crippen LogP contribution in [0.25, 0.3) is 5.69 Å². The fraction of sp³-hybridized carbons (Fsp3) is 0.444. The van der Waals surface area contributed by atoms with E-state index in [0.29, 0.717) is 6.04 Å². The lowest BCUT2D eigenvalue weighted by molar-refractivity contribution is 0.685. The van der Waals surface area contributed by atoms with Crippen molar-refractivity contribution in [2.24, 2.45) is 4.99 Å². The zero-order valence-corrected chi connectivity index (χ0v) is 14.5. The van der Waals surface area contributed by atoms with Crippen LogP contribution in [0.15, 0.2) is 41.5 Å². The third-order valence-corrected chi connectivity index (χ3v) is 3.59. The molecule has 5 heteroatoms. The van der Waals surface area contributed by atoms with Gasteiger partial charge in [0.1, 0.15) is 0 Å². The zero-order valence-electron chi connectivity index (χ0n) is 14.5. The standard InChI is InChI=1S/C18H27N5/c1-14(2)21-18(19-4)20-12-8-9-16-13-23(22-15(16)3)17-10-6-5-7-11-17/h5-7,10-11,13-14H,8-9,12H2,1-4H3,(H2,19,20,21). The number of benzene rings is 1. The van der Waals surface area contributed by atoms with Crippen LogP contribution in [-0.2, 0) is 6.42 Å². The van der Waals surface area contributed by atoms with E-state index < -0.39 is 0 Å². The Hall–Kier alpha value is -2.30. The summed E-state index contributed by atoms with van der Waals surface area (Å²) in [4.78, 5) is 4.21. The van der Waals surface area contributed by atoms with Crippen molar-refractivity contribution < 1.29 is 0 Å². The van der Waals surface area contributed by atoms with E-state index in [1.165, 1.54) is 5.56 Å². The summed E-state index contributed by atoms with van der Waals surface area (Å²) in [5.41, 5.74) is 3.49. The third kappa shape index (κ3) is 5.13. The molecule has 1 aromatic heterocycles. The average molecular weight is 313 g/mol. The molecule has 0 spiro atoms. The van der Waals surface area contributed by atoms with Gasteiger partial charge in [-0.1, -0.05) is 18.2 Å². The van der Waals surface area contributed by atoms with Crippen LogP contribution < -0.4 is 10.6 Å². The van der Waals surface area contributed by atoms with E-state index in [-0.39, 0.29) is 0 Å². The summed E-state index contributed by atoms with van der Waals surface area (Å²) in [5.74, 6) is 0.858. The number of guanidine groups is 1. The predicted molar refractivity (Wildman–Crippen MR) is 96.3 cm³/mol. The number of aryl methyl sites for hydroxylation is 2. The van der Waals surface area contributed by atoms with Crippen molar-refractivity contribution in [2.45, 2.75) is 39.7 Å². The number of para-hydroxylation sites is 1. The van der Waals surface area contributed by atoms with Crippen molar-refractivity contribution in [2.75, 3.05) is 13.6 Å². The molecule has 0 unspecified atom stereocenters. The van der Waals surface area contributed by atoms with Gasteiger partial charge in [-0.25, -0.2) is 4.68 Å². The highest BCUT2D eigenvalue weighted by Gasteiger charge is 2.06. The molecule has 2 N–H and O–H groups in total. The van der Waals surface area contributed by atoms with Crippen molar-refractivity contribution in [1.29, 1.82) is 0 Å². The summed E-state index contributed by atoms with van der Waals surface area (Å²) in [6.45, 7) is 7.17. The van der Waals surface area contributed by atoms with Gasteiger partial charge in [0.25, 0.3) is 0 Å². The van der Waals surface area contributed by atoms with Crippen molar-refractivity contribution in [1.82, 2.24) is 20.4 Å². The Balaban J connectivity index is 1.86. The minimum absolute atomic E-state index is 0.382. The quantitative estimate of drug-likeness (QED) is 0.490. The summed E-state index contributed by atoms with van der Waals surface area (Å²) in [7, 11) is 1.80. The van der Waals surface area contributed by atoms with Crippen LogP contribution in [0, 0.1) is 6.92 Å².